The molecule has 0 amide bonds. The fourth-order valence-corrected chi connectivity index (χ4v) is 3.10. The quantitative estimate of drug-likeness (QED) is 0.838. The van der Waals surface area contributed by atoms with E-state index in [2.05, 4.69) is 0 Å². The van der Waals surface area contributed by atoms with Gasteiger partial charge < -0.3 is 9.52 Å². The molecule has 1 aromatic heterocycles. The topological polar surface area (TPSA) is 87.8 Å². The predicted octanol–water partition coefficient (Wildman–Crippen LogP) is 0.513. The van der Waals surface area contributed by atoms with Gasteiger partial charge in [-0.15, -0.1) is 0 Å². The maximum Gasteiger partial charge on any atom is 0.371 e. The summed E-state index contributed by atoms with van der Waals surface area (Å²) >= 11 is 0. The summed E-state index contributed by atoms with van der Waals surface area (Å²) in [6.07, 6.45) is 0.606. The minimum Gasteiger partial charge on any atom is -0.475 e. The lowest BCUT2D eigenvalue weighted by Crippen LogP contribution is -2.24. The van der Waals surface area contributed by atoms with Crippen molar-refractivity contribution in [2.75, 3.05) is 12.3 Å². The van der Waals surface area contributed by atoms with Gasteiger partial charge in [0.05, 0.1) is 12.3 Å². The minimum atomic E-state index is -3.17. The number of sulfonamides is 1. The van der Waals surface area contributed by atoms with Crippen LogP contribution in [0.2, 0.25) is 0 Å². The number of rotatable bonds is 3. The molecule has 1 aliphatic heterocycles. The van der Waals surface area contributed by atoms with Crippen molar-refractivity contribution in [2.45, 2.75) is 13.0 Å². The van der Waals surface area contributed by atoms with Crippen molar-refractivity contribution in [3.8, 4) is 0 Å². The van der Waals surface area contributed by atoms with Crippen LogP contribution >= 0.6 is 0 Å². The van der Waals surface area contributed by atoms with Crippen LogP contribution < -0.4 is 0 Å². The Labute approximate surface area is 92.5 Å². The molecule has 1 N–H and O–H groups in total. The van der Waals surface area contributed by atoms with Crippen molar-refractivity contribution >= 4 is 16.0 Å². The highest BCUT2D eigenvalue weighted by Gasteiger charge is 2.29. The molecule has 1 fully saturated rings. The molecule has 2 heterocycles. The molecule has 0 unspecified atom stereocenters. The van der Waals surface area contributed by atoms with Crippen LogP contribution in [0.1, 0.15) is 22.7 Å². The van der Waals surface area contributed by atoms with E-state index in [0.717, 1.165) is 0 Å². The van der Waals surface area contributed by atoms with Gasteiger partial charge in [0, 0.05) is 6.54 Å². The third kappa shape index (κ3) is 2.10. The number of furan rings is 1. The molecule has 0 aliphatic carbocycles. The van der Waals surface area contributed by atoms with E-state index in [1.165, 1.54) is 16.4 Å². The maximum absolute atomic E-state index is 11.5. The van der Waals surface area contributed by atoms with E-state index in [9.17, 15) is 13.2 Å². The van der Waals surface area contributed by atoms with Gasteiger partial charge in [0.2, 0.25) is 15.8 Å². The van der Waals surface area contributed by atoms with Crippen molar-refractivity contribution in [1.29, 1.82) is 0 Å². The van der Waals surface area contributed by atoms with Crippen LogP contribution in [0.4, 0.5) is 0 Å². The van der Waals surface area contributed by atoms with Gasteiger partial charge in [-0.05, 0) is 18.6 Å². The van der Waals surface area contributed by atoms with Gasteiger partial charge in [-0.25, -0.2) is 13.2 Å². The van der Waals surface area contributed by atoms with Crippen molar-refractivity contribution in [3.63, 3.8) is 0 Å². The van der Waals surface area contributed by atoms with Crippen molar-refractivity contribution in [2.24, 2.45) is 0 Å². The number of hydrogen-bond acceptors (Lipinski definition) is 4. The number of carboxylic acid groups (broad SMARTS) is 1. The summed E-state index contributed by atoms with van der Waals surface area (Å²) < 4.78 is 29.2. The zero-order valence-electron chi connectivity index (χ0n) is 8.42. The lowest BCUT2D eigenvalue weighted by Gasteiger charge is -2.11. The molecule has 1 aromatic rings. The summed E-state index contributed by atoms with van der Waals surface area (Å²) in [5.41, 5.74) is 0. The SMILES string of the molecule is O=C(O)c1ccc(CN2CCCS2(=O)=O)o1. The smallest absolute Gasteiger partial charge is 0.371 e. The van der Waals surface area contributed by atoms with Gasteiger partial charge in [0.15, 0.2) is 0 Å². The number of aromatic carboxylic acids is 1. The Hall–Kier alpha value is -1.34. The first-order chi connectivity index (χ1) is 7.49. The molecular formula is C9H11NO5S. The van der Waals surface area contributed by atoms with Gasteiger partial charge in [-0.1, -0.05) is 0 Å². The monoisotopic (exact) mass is 245 g/mol. The zero-order chi connectivity index (χ0) is 11.8. The molecule has 7 heteroatoms. The van der Waals surface area contributed by atoms with E-state index in [1.54, 1.807) is 0 Å². The van der Waals surface area contributed by atoms with Crippen molar-refractivity contribution < 1.29 is 22.7 Å². The van der Waals surface area contributed by atoms with E-state index in [-0.39, 0.29) is 18.1 Å². The second kappa shape index (κ2) is 3.91. The minimum absolute atomic E-state index is 0.107. The molecule has 0 atom stereocenters. The molecule has 0 radical (unpaired) electrons. The fraction of sp³-hybridized carbons (Fsp3) is 0.444. The average molecular weight is 245 g/mol. The van der Waals surface area contributed by atoms with Crippen LogP contribution in [0, 0.1) is 0 Å². The maximum atomic E-state index is 11.5. The number of hydrogen-bond donors (Lipinski definition) is 1. The van der Waals surface area contributed by atoms with E-state index >= 15 is 0 Å². The lowest BCUT2D eigenvalue weighted by molar-refractivity contribution is 0.0659. The first-order valence-electron chi connectivity index (χ1n) is 4.79. The Morgan fingerprint density at radius 3 is 2.75 bits per heavy atom. The lowest BCUT2D eigenvalue weighted by atomic mass is 10.4. The first kappa shape index (κ1) is 11.2. The second-order valence-electron chi connectivity index (χ2n) is 3.57. The van der Waals surface area contributed by atoms with Crippen molar-refractivity contribution in [1.82, 2.24) is 4.31 Å². The molecule has 88 valence electrons. The molecule has 0 bridgehead atoms. The first-order valence-corrected chi connectivity index (χ1v) is 6.40. The average Bonchev–Trinajstić information content (AvgIpc) is 2.75. The third-order valence-corrected chi connectivity index (χ3v) is 4.31. The highest BCUT2D eigenvalue weighted by atomic mass is 32.2. The standard InChI is InChI=1S/C9H11NO5S/c11-9(12)8-3-2-7(15-8)6-10-4-1-5-16(10,13)14/h2-3H,1,4-6H2,(H,11,12). The van der Waals surface area contributed by atoms with Gasteiger partial charge in [0.1, 0.15) is 5.76 Å². The highest BCUT2D eigenvalue weighted by Crippen LogP contribution is 2.18. The number of nitrogens with zero attached hydrogens (tertiary/aromatic N) is 1. The molecule has 16 heavy (non-hydrogen) atoms. The van der Waals surface area contributed by atoms with Crippen LogP contribution in [0.15, 0.2) is 16.5 Å². The van der Waals surface area contributed by atoms with Gasteiger partial charge >= 0.3 is 5.97 Å². The molecule has 0 aromatic carbocycles. The van der Waals surface area contributed by atoms with E-state index in [0.29, 0.717) is 18.7 Å². The molecule has 2 rings (SSSR count). The van der Waals surface area contributed by atoms with Crippen molar-refractivity contribution in [3.05, 3.63) is 23.7 Å². The summed E-state index contributed by atoms with van der Waals surface area (Å²) in [6.45, 7) is 0.570. The molecule has 1 aliphatic rings. The molecule has 0 spiro atoms. The summed E-state index contributed by atoms with van der Waals surface area (Å²) in [5.74, 6) is -0.829. The zero-order valence-corrected chi connectivity index (χ0v) is 9.24. The normalized spacial score (nSPS) is 20.0. The Kier molecular flexibility index (Phi) is 2.73. The molecule has 1 saturated heterocycles. The van der Waals surface area contributed by atoms with E-state index < -0.39 is 16.0 Å². The number of carboxylic acids is 1. The largest absolute Gasteiger partial charge is 0.475 e. The Morgan fingerprint density at radius 1 is 1.50 bits per heavy atom. The van der Waals surface area contributed by atoms with Crippen LogP contribution in [-0.4, -0.2) is 36.1 Å². The Bertz CT molecular complexity index is 504. The van der Waals surface area contributed by atoms with Gasteiger partial charge in [-0.2, -0.15) is 4.31 Å². The second-order valence-corrected chi connectivity index (χ2v) is 5.66. The van der Waals surface area contributed by atoms with Crippen LogP contribution in [0.25, 0.3) is 0 Å². The Balaban J connectivity index is 2.12. The van der Waals surface area contributed by atoms with Gasteiger partial charge in [0.25, 0.3) is 0 Å². The van der Waals surface area contributed by atoms with Crippen LogP contribution in [0.5, 0.6) is 0 Å². The van der Waals surface area contributed by atoms with E-state index in [4.69, 9.17) is 9.52 Å². The van der Waals surface area contributed by atoms with Gasteiger partial charge in [-0.3, -0.25) is 0 Å². The molecule has 6 nitrogen and oxygen atoms in total. The Morgan fingerprint density at radius 2 is 2.25 bits per heavy atom. The summed E-state index contributed by atoms with van der Waals surface area (Å²) in [4.78, 5) is 10.6. The third-order valence-electron chi connectivity index (χ3n) is 2.41. The highest BCUT2D eigenvalue weighted by molar-refractivity contribution is 7.89. The fourth-order valence-electron chi connectivity index (χ4n) is 1.62. The van der Waals surface area contributed by atoms with Crippen LogP contribution in [0.3, 0.4) is 0 Å². The van der Waals surface area contributed by atoms with E-state index in [1.807, 2.05) is 0 Å². The molecular weight excluding hydrogens is 234 g/mol. The molecule has 0 saturated carbocycles. The summed E-state index contributed by atoms with van der Waals surface area (Å²) in [7, 11) is -3.17. The van der Waals surface area contributed by atoms with Crippen LogP contribution in [-0.2, 0) is 16.6 Å². The summed E-state index contributed by atoms with van der Waals surface area (Å²) in [6, 6.07) is 2.80. The summed E-state index contributed by atoms with van der Waals surface area (Å²) in [5, 5.41) is 8.64. The predicted molar refractivity (Wildman–Crippen MR) is 54.5 cm³/mol. The number of carbonyl (C=O) groups is 1.